The van der Waals surface area contributed by atoms with Crippen molar-refractivity contribution in [3.63, 3.8) is 0 Å². The molecule has 0 fully saturated rings. The molecule has 0 radical (unpaired) electrons. The molecule has 30 heavy (non-hydrogen) atoms. The second-order valence-electron chi connectivity index (χ2n) is 6.50. The Labute approximate surface area is 176 Å². The third kappa shape index (κ3) is 4.51. The van der Waals surface area contributed by atoms with Crippen LogP contribution in [0.25, 0.3) is 0 Å². The highest BCUT2D eigenvalue weighted by atomic mass is 32.2. The van der Waals surface area contributed by atoms with Crippen molar-refractivity contribution in [1.29, 1.82) is 5.26 Å². The van der Waals surface area contributed by atoms with Gasteiger partial charge in [0, 0.05) is 4.88 Å². The lowest BCUT2D eigenvalue weighted by molar-refractivity contribution is -0.119. The molecular weight excluding hydrogens is 433 g/mol. The standard InChI is InChI=1S/C19H18FN3O5S2/c1-22-30(26,27)11-6-7-15(20)13(8-11)19(25)28-10-17(24)23-18-14(9-21)12-4-2-3-5-16(12)29-18/h6-8,22H,2-5,10H2,1H3,(H,23,24). The number of amides is 1. The molecule has 0 spiro atoms. The van der Waals surface area contributed by atoms with E-state index in [1.165, 1.54) is 18.4 Å². The molecule has 0 saturated carbocycles. The molecule has 3 rings (SSSR count). The van der Waals surface area contributed by atoms with Crippen LogP contribution >= 0.6 is 11.3 Å². The van der Waals surface area contributed by atoms with Crippen molar-refractivity contribution in [2.45, 2.75) is 30.6 Å². The van der Waals surface area contributed by atoms with E-state index in [2.05, 4.69) is 16.1 Å². The minimum Gasteiger partial charge on any atom is -0.452 e. The number of nitrogens with one attached hydrogen (secondary N) is 2. The van der Waals surface area contributed by atoms with Crippen molar-refractivity contribution in [1.82, 2.24) is 4.72 Å². The summed E-state index contributed by atoms with van der Waals surface area (Å²) in [7, 11) is -2.71. The number of sulfonamides is 1. The van der Waals surface area contributed by atoms with Crippen molar-refractivity contribution >= 4 is 38.2 Å². The lowest BCUT2D eigenvalue weighted by Crippen LogP contribution is -2.22. The monoisotopic (exact) mass is 451 g/mol. The van der Waals surface area contributed by atoms with Gasteiger partial charge in [-0.15, -0.1) is 11.3 Å². The highest BCUT2D eigenvalue weighted by molar-refractivity contribution is 7.89. The van der Waals surface area contributed by atoms with Gasteiger partial charge < -0.3 is 10.1 Å². The number of anilines is 1. The highest BCUT2D eigenvalue weighted by Crippen LogP contribution is 2.37. The predicted octanol–water partition coefficient (Wildman–Crippen LogP) is 2.34. The Balaban J connectivity index is 1.69. The molecule has 0 unspecified atom stereocenters. The van der Waals surface area contributed by atoms with E-state index in [0.29, 0.717) is 10.6 Å². The highest BCUT2D eigenvalue weighted by Gasteiger charge is 2.23. The molecule has 2 N–H and O–H groups in total. The first-order valence-corrected chi connectivity index (χ1v) is 11.3. The van der Waals surface area contributed by atoms with Gasteiger partial charge in [0.2, 0.25) is 10.0 Å². The molecule has 0 atom stereocenters. The SMILES string of the molecule is CNS(=O)(=O)c1ccc(F)c(C(=O)OCC(=O)Nc2sc3c(c2C#N)CCCC3)c1. The minimum atomic E-state index is -3.89. The lowest BCUT2D eigenvalue weighted by atomic mass is 9.96. The van der Waals surface area contributed by atoms with E-state index < -0.39 is 39.9 Å². The largest absolute Gasteiger partial charge is 0.452 e. The number of aryl methyl sites for hydroxylation is 1. The van der Waals surface area contributed by atoms with E-state index in [-0.39, 0.29) is 4.90 Å². The van der Waals surface area contributed by atoms with E-state index in [0.717, 1.165) is 54.3 Å². The summed E-state index contributed by atoms with van der Waals surface area (Å²) in [5.74, 6) is -2.84. The van der Waals surface area contributed by atoms with Crippen LogP contribution in [0.15, 0.2) is 23.1 Å². The van der Waals surface area contributed by atoms with Gasteiger partial charge in [-0.25, -0.2) is 22.3 Å². The average molecular weight is 452 g/mol. The minimum absolute atomic E-state index is 0.314. The Bertz CT molecular complexity index is 1150. The normalized spacial score (nSPS) is 13.2. The van der Waals surface area contributed by atoms with Crippen LogP contribution in [0.2, 0.25) is 0 Å². The second-order valence-corrected chi connectivity index (χ2v) is 9.49. The summed E-state index contributed by atoms with van der Waals surface area (Å²) in [4.78, 5) is 25.1. The Hall–Kier alpha value is -2.81. The Morgan fingerprint density at radius 3 is 2.73 bits per heavy atom. The molecule has 158 valence electrons. The fourth-order valence-electron chi connectivity index (χ4n) is 3.09. The number of esters is 1. The summed E-state index contributed by atoms with van der Waals surface area (Å²) in [6.45, 7) is -0.714. The molecule has 2 aromatic rings. The Morgan fingerprint density at radius 2 is 2.03 bits per heavy atom. The average Bonchev–Trinajstić information content (AvgIpc) is 3.08. The van der Waals surface area contributed by atoms with Crippen LogP contribution in [0.1, 0.15) is 39.2 Å². The second kappa shape index (κ2) is 8.91. The van der Waals surface area contributed by atoms with Gasteiger partial charge in [0.15, 0.2) is 6.61 Å². The summed E-state index contributed by atoms with van der Waals surface area (Å²) < 4.78 is 44.5. The molecule has 0 saturated heterocycles. The van der Waals surface area contributed by atoms with Gasteiger partial charge in [-0.05, 0) is 56.5 Å². The van der Waals surface area contributed by atoms with Crippen LogP contribution in [-0.4, -0.2) is 33.9 Å². The first kappa shape index (κ1) is 21.9. The van der Waals surface area contributed by atoms with Crippen LogP contribution in [0.4, 0.5) is 9.39 Å². The smallest absolute Gasteiger partial charge is 0.341 e. The van der Waals surface area contributed by atoms with Crippen molar-refractivity contribution in [3.05, 3.63) is 45.6 Å². The Kier molecular flexibility index (Phi) is 6.50. The number of hydrogen-bond donors (Lipinski definition) is 2. The van der Waals surface area contributed by atoms with Crippen LogP contribution in [0, 0.1) is 17.1 Å². The number of ether oxygens (including phenoxy) is 1. The van der Waals surface area contributed by atoms with Gasteiger partial charge in [0.1, 0.15) is 16.9 Å². The van der Waals surface area contributed by atoms with Crippen LogP contribution in [0.5, 0.6) is 0 Å². The predicted molar refractivity (Wildman–Crippen MR) is 107 cm³/mol. The zero-order valence-electron chi connectivity index (χ0n) is 16.0. The molecule has 1 aliphatic carbocycles. The van der Waals surface area contributed by atoms with Gasteiger partial charge in [-0.1, -0.05) is 0 Å². The number of fused-ring (bicyclic) bond motifs is 1. The summed E-state index contributed by atoms with van der Waals surface area (Å²) in [6, 6.07) is 4.78. The number of halogens is 1. The molecule has 1 aliphatic rings. The number of thiophene rings is 1. The van der Waals surface area contributed by atoms with Gasteiger partial charge in [0.25, 0.3) is 5.91 Å². The number of benzene rings is 1. The van der Waals surface area contributed by atoms with E-state index in [1.54, 1.807) is 0 Å². The lowest BCUT2D eigenvalue weighted by Gasteiger charge is -2.09. The molecule has 1 amide bonds. The third-order valence-corrected chi connectivity index (χ3v) is 7.23. The van der Waals surface area contributed by atoms with Crippen molar-refractivity contribution in [3.8, 4) is 6.07 Å². The number of rotatable bonds is 6. The summed E-state index contributed by atoms with van der Waals surface area (Å²) in [5, 5.41) is 12.4. The van der Waals surface area contributed by atoms with Crippen LogP contribution in [-0.2, 0) is 32.4 Å². The van der Waals surface area contributed by atoms with Gasteiger partial charge >= 0.3 is 5.97 Å². The summed E-state index contributed by atoms with van der Waals surface area (Å²) in [6.07, 6.45) is 3.64. The van der Waals surface area contributed by atoms with E-state index in [4.69, 9.17) is 4.74 Å². The first-order chi connectivity index (χ1) is 14.3. The maximum absolute atomic E-state index is 14.0. The third-order valence-electron chi connectivity index (χ3n) is 4.61. The topological polar surface area (TPSA) is 125 Å². The molecule has 1 aromatic heterocycles. The number of hydrogen-bond acceptors (Lipinski definition) is 7. The number of carbonyl (C=O) groups is 2. The zero-order valence-corrected chi connectivity index (χ0v) is 17.6. The summed E-state index contributed by atoms with van der Waals surface area (Å²) in [5.41, 5.74) is 0.763. The molecule has 0 aliphatic heterocycles. The molecule has 11 heteroatoms. The molecule has 1 heterocycles. The Morgan fingerprint density at radius 1 is 1.30 bits per heavy atom. The fraction of sp³-hybridized carbons (Fsp3) is 0.316. The van der Waals surface area contributed by atoms with Crippen LogP contribution in [0.3, 0.4) is 0 Å². The maximum Gasteiger partial charge on any atom is 0.341 e. The molecule has 0 bridgehead atoms. The van der Waals surface area contributed by atoms with E-state index in [1.807, 2.05) is 0 Å². The molecular formula is C19H18FN3O5S2. The van der Waals surface area contributed by atoms with E-state index >= 15 is 0 Å². The summed E-state index contributed by atoms with van der Waals surface area (Å²) >= 11 is 1.33. The van der Waals surface area contributed by atoms with Gasteiger partial charge in [-0.3, -0.25) is 4.79 Å². The number of nitrogens with zero attached hydrogens (tertiary/aromatic N) is 1. The fourth-order valence-corrected chi connectivity index (χ4v) is 5.10. The van der Waals surface area contributed by atoms with Gasteiger partial charge in [0.05, 0.1) is 16.0 Å². The van der Waals surface area contributed by atoms with Crippen molar-refractivity contribution in [2.24, 2.45) is 0 Å². The van der Waals surface area contributed by atoms with Crippen molar-refractivity contribution in [2.75, 3.05) is 19.0 Å². The maximum atomic E-state index is 14.0. The molecule has 1 aromatic carbocycles. The zero-order chi connectivity index (χ0) is 21.9. The van der Waals surface area contributed by atoms with Crippen molar-refractivity contribution < 1.29 is 27.1 Å². The number of carbonyl (C=O) groups excluding carboxylic acids is 2. The quantitative estimate of drug-likeness (QED) is 0.650. The number of nitriles is 1. The molecule has 8 nitrogen and oxygen atoms in total. The first-order valence-electron chi connectivity index (χ1n) is 9.01. The van der Waals surface area contributed by atoms with Crippen LogP contribution < -0.4 is 10.0 Å². The van der Waals surface area contributed by atoms with E-state index in [9.17, 15) is 27.7 Å². The van der Waals surface area contributed by atoms with Gasteiger partial charge in [-0.2, -0.15) is 5.26 Å².